The standard InChI is InChI=1S/C25H42F3N3O3/c1-16-2-3-17(12-21(16)25(26,27)28)15-34-20-6-4-18(5-7-20)24-29-13-19-14-31(11-9-23(32)33)10-8-22(19)30-24/h16-22,24,29-30H,2-15H2,1H3,(H,32,33). The number of halogens is 3. The molecular formula is C25H42F3N3O3. The minimum atomic E-state index is -4.09. The highest BCUT2D eigenvalue weighted by molar-refractivity contribution is 5.66. The van der Waals surface area contributed by atoms with Crippen molar-refractivity contribution in [3.63, 3.8) is 0 Å². The van der Waals surface area contributed by atoms with Gasteiger partial charge in [-0.2, -0.15) is 13.2 Å². The molecule has 0 aromatic heterocycles. The molecule has 34 heavy (non-hydrogen) atoms. The molecule has 0 aromatic carbocycles. The van der Waals surface area contributed by atoms with Crippen molar-refractivity contribution in [1.82, 2.24) is 15.5 Å². The van der Waals surface area contributed by atoms with Gasteiger partial charge >= 0.3 is 12.1 Å². The number of carboxylic acid groups (broad SMARTS) is 1. The molecule has 6 atom stereocenters. The minimum absolute atomic E-state index is 0.0283. The number of fused-ring (bicyclic) bond motifs is 1. The molecule has 196 valence electrons. The Morgan fingerprint density at radius 3 is 2.56 bits per heavy atom. The maximum atomic E-state index is 13.3. The largest absolute Gasteiger partial charge is 0.481 e. The third-order valence-corrected chi connectivity index (χ3v) is 8.94. The van der Waals surface area contributed by atoms with Crippen LogP contribution in [0.2, 0.25) is 0 Å². The van der Waals surface area contributed by atoms with Gasteiger partial charge in [-0.05, 0) is 81.6 Å². The molecule has 0 amide bonds. The summed E-state index contributed by atoms with van der Waals surface area (Å²) in [5.74, 6) is -1.10. The lowest BCUT2D eigenvalue weighted by atomic mass is 9.74. The number of ether oxygens (including phenoxy) is 1. The number of likely N-dealkylation sites (tertiary alicyclic amines) is 1. The van der Waals surface area contributed by atoms with Gasteiger partial charge in [0, 0.05) is 32.3 Å². The lowest BCUT2D eigenvalue weighted by molar-refractivity contribution is -0.201. The summed E-state index contributed by atoms with van der Waals surface area (Å²) in [6.07, 6.45) is 3.45. The third-order valence-electron chi connectivity index (χ3n) is 8.94. The van der Waals surface area contributed by atoms with Crippen LogP contribution in [0.3, 0.4) is 0 Å². The molecule has 3 N–H and O–H groups in total. The van der Waals surface area contributed by atoms with Crippen LogP contribution in [0.4, 0.5) is 13.2 Å². The SMILES string of the molecule is CC1CCC(COC2CCC(C3NCC4CN(CCC(=O)O)CCC4N3)CC2)CC1C(F)(F)F. The summed E-state index contributed by atoms with van der Waals surface area (Å²) in [6, 6.07) is 0.483. The maximum Gasteiger partial charge on any atom is 0.392 e. The van der Waals surface area contributed by atoms with Crippen LogP contribution in [0.5, 0.6) is 0 Å². The van der Waals surface area contributed by atoms with Crippen LogP contribution in [0.1, 0.15) is 64.7 Å². The number of nitrogens with one attached hydrogen (secondary N) is 2. The van der Waals surface area contributed by atoms with E-state index in [-0.39, 0.29) is 30.8 Å². The Labute approximate surface area is 201 Å². The fourth-order valence-corrected chi connectivity index (χ4v) is 6.74. The number of aliphatic carboxylic acids is 1. The summed E-state index contributed by atoms with van der Waals surface area (Å²) in [5, 5.41) is 16.4. The Balaban J connectivity index is 1.15. The van der Waals surface area contributed by atoms with Crippen LogP contribution in [0.25, 0.3) is 0 Å². The van der Waals surface area contributed by atoms with Crippen LogP contribution in [0, 0.1) is 29.6 Å². The van der Waals surface area contributed by atoms with Gasteiger partial charge in [-0.1, -0.05) is 6.92 Å². The number of hydrogen-bond donors (Lipinski definition) is 3. The quantitative estimate of drug-likeness (QED) is 0.504. The molecule has 9 heteroatoms. The predicted molar refractivity (Wildman–Crippen MR) is 123 cm³/mol. The molecule has 2 aliphatic heterocycles. The van der Waals surface area contributed by atoms with Crippen molar-refractivity contribution in [3.05, 3.63) is 0 Å². The second kappa shape index (κ2) is 11.4. The van der Waals surface area contributed by atoms with Crippen LogP contribution < -0.4 is 10.6 Å². The van der Waals surface area contributed by atoms with Crippen LogP contribution in [-0.2, 0) is 9.53 Å². The van der Waals surface area contributed by atoms with Crippen molar-refractivity contribution >= 4 is 5.97 Å². The van der Waals surface area contributed by atoms with Gasteiger partial charge in [-0.25, -0.2) is 0 Å². The Morgan fingerprint density at radius 1 is 1.09 bits per heavy atom. The molecule has 4 aliphatic rings. The molecule has 0 bridgehead atoms. The molecule has 2 heterocycles. The zero-order chi connectivity index (χ0) is 24.3. The van der Waals surface area contributed by atoms with E-state index in [1.54, 1.807) is 6.92 Å². The Hall–Kier alpha value is -0.900. The molecule has 6 nitrogen and oxygen atoms in total. The summed E-state index contributed by atoms with van der Waals surface area (Å²) in [6.45, 7) is 5.68. The average Bonchev–Trinajstić information content (AvgIpc) is 2.81. The number of piperidine rings is 1. The fraction of sp³-hybridized carbons (Fsp3) is 0.960. The van der Waals surface area contributed by atoms with E-state index in [4.69, 9.17) is 9.84 Å². The average molecular weight is 490 g/mol. The molecule has 4 rings (SSSR count). The number of rotatable bonds is 7. The zero-order valence-corrected chi connectivity index (χ0v) is 20.4. The van der Waals surface area contributed by atoms with Crippen LogP contribution in [-0.4, -0.2) is 73.2 Å². The molecular weight excluding hydrogens is 447 g/mol. The van der Waals surface area contributed by atoms with Gasteiger partial charge in [-0.15, -0.1) is 0 Å². The number of nitrogens with zero attached hydrogens (tertiary/aromatic N) is 1. The summed E-state index contributed by atoms with van der Waals surface area (Å²) >= 11 is 0. The highest BCUT2D eigenvalue weighted by Gasteiger charge is 2.46. The Bertz CT molecular complexity index is 672. The first kappa shape index (κ1) is 26.2. The fourth-order valence-electron chi connectivity index (χ4n) is 6.74. The third kappa shape index (κ3) is 6.86. The molecule has 2 aliphatic carbocycles. The molecule has 0 radical (unpaired) electrons. The monoisotopic (exact) mass is 489 g/mol. The molecule has 0 spiro atoms. The van der Waals surface area contributed by atoms with Crippen molar-refractivity contribution in [2.45, 2.75) is 89.2 Å². The summed E-state index contributed by atoms with van der Waals surface area (Å²) < 4.78 is 46.0. The first-order chi connectivity index (χ1) is 16.2. The molecule has 2 saturated heterocycles. The minimum Gasteiger partial charge on any atom is -0.481 e. The Morgan fingerprint density at radius 2 is 1.85 bits per heavy atom. The highest BCUT2D eigenvalue weighted by atomic mass is 19.4. The van der Waals surface area contributed by atoms with Crippen molar-refractivity contribution in [1.29, 1.82) is 0 Å². The van der Waals surface area contributed by atoms with Crippen molar-refractivity contribution < 1.29 is 27.8 Å². The topological polar surface area (TPSA) is 73.8 Å². The van der Waals surface area contributed by atoms with E-state index in [0.29, 0.717) is 43.6 Å². The number of carbonyl (C=O) groups is 1. The van der Waals surface area contributed by atoms with Gasteiger partial charge in [0.05, 0.1) is 24.6 Å². The van der Waals surface area contributed by atoms with E-state index in [9.17, 15) is 18.0 Å². The van der Waals surface area contributed by atoms with E-state index in [1.165, 1.54) is 0 Å². The van der Waals surface area contributed by atoms with Gasteiger partial charge in [-0.3, -0.25) is 10.1 Å². The van der Waals surface area contributed by atoms with E-state index < -0.39 is 18.1 Å². The molecule has 2 saturated carbocycles. The zero-order valence-electron chi connectivity index (χ0n) is 20.4. The van der Waals surface area contributed by atoms with Gasteiger partial charge in [0.25, 0.3) is 0 Å². The first-order valence-electron chi connectivity index (χ1n) is 13.3. The molecule has 4 fully saturated rings. The maximum absolute atomic E-state index is 13.3. The van der Waals surface area contributed by atoms with E-state index in [0.717, 1.165) is 58.2 Å². The number of carboxylic acids is 1. The molecule has 0 aromatic rings. The van der Waals surface area contributed by atoms with Gasteiger partial charge < -0.3 is 20.1 Å². The van der Waals surface area contributed by atoms with E-state index >= 15 is 0 Å². The van der Waals surface area contributed by atoms with Gasteiger partial charge in [0.1, 0.15) is 0 Å². The lowest BCUT2D eigenvalue weighted by Crippen LogP contribution is -2.65. The van der Waals surface area contributed by atoms with Crippen molar-refractivity contribution in [2.75, 3.05) is 32.8 Å². The lowest BCUT2D eigenvalue weighted by Gasteiger charge is -2.47. The smallest absolute Gasteiger partial charge is 0.392 e. The first-order valence-corrected chi connectivity index (χ1v) is 13.3. The van der Waals surface area contributed by atoms with Gasteiger partial charge in [0.2, 0.25) is 0 Å². The number of alkyl halides is 3. The molecule has 6 unspecified atom stereocenters. The van der Waals surface area contributed by atoms with Crippen LogP contribution in [0.15, 0.2) is 0 Å². The Kier molecular flexibility index (Phi) is 8.80. The predicted octanol–water partition coefficient (Wildman–Crippen LogP) is 3.86. The summed E-state index contributed by atoms with van der Waals surface area (Å²) in [7, 11) is 0. The van der Waals surface area contributed by atoms with Crippen molar-refractivity contribution in [3.8, 4) is 0 Å². The van der Waals surface area contributed by atoms with E-state index in [2.05, 4.69) is 15.5 Å². The van der Waals surface area contributed by atoms with E-state index in [1.807, 2.05) is 0 Å². The highest BCUT2D eigenvalue weighted by Crippen LogP contribution is 2.43. The van der Waals surface area contributed by atoms with Crippen molar-refractivity contribution in [2.24, 2.45) is 29.6 Å². The second-order valence-corrected chi connectivity index (χ2v) is 11.3. The summed E-state index contributed by atoms with van der Waals surface area (Å²) in [5.41, 5.74) is 0. The van der Waals surface area contributed by atoms with Crippen LogP contribution >= 0.6 is 0 Å². The number of hydrogen-bond acceptors (Lipinski definition) is 5. The normalized spacial score (nSPS) is 40.0. The second-order valence-electron chi connectivity index (χ2n) is 11.3. The summed E-state index contributed by atoms with van der Waals surface area (Å²) in [4.78, 5) is 13.1. The van der Waals surface area contributed by atoms with Gasteiger partial charge in [0.15, 0.2) is 0 Å².